The average molecular weight is 487 g/mol. The number of nitrogens with zero attached hydrogens (tertiary/aromatic N) is 2. The first-order valence-corrected chi connectivity index (χ1v) is 12.6. The third-order valence-corrected chi connectivity index (χ3v) is 7.35. The summed E-state index contributed by atoms with van der Waals surface area (Å²) in [6, 6.07) is 25.5. The van der Waals surface area contributed by atoms with Crippen molar-refractivity contribution in [1.82, 2.24) is 0 Å². The molecule has 4 nitrogen and oxygen atoms in total. The van der Waals surface area contributed by atoms with Crippen LogP contribution in [0.5, 0.6) is 5.75 Å². The SMILES string of the molecule is COc1ccc(N(C(=O)C2CCCC2)C(C)C(Cc2ccc(Cl)cc2)c2cccc(C#N)c2)cc1. The Balaban J connectivity index is 1.76. The van der Waals surface area contributed by atoms with Gasteiger partial charge in [-0.1, -0.05) is 48.7 Å². The van der Waals surface area contributed by atoms with Gasteiger partial charge in [0, 0.05) is 28.6 Å². The van der Waals surface area contributed by atoms with Crippen LogP contribution in [0.4, 0.5) is 5.69 Å². The number of halogens is 1. The first-order chi connectivity index (χ1) is 17.0. The maximum atomic E-state index is 13.9. The lowest BCUT2D eigenvalue weighted by Crippen LogP contribution is -2.45. The number of rotatable bonds is 8. The molecule has 5 heteroatoms. The molecule has 1 aliphatic carbocycles. The summed E-state index contributed by atoms with van der Waals surface area (Å²) in [7, 11) is 1.64. The zero-order valence-electron chi connectivity index (χ0n) is 20.3. The van der Waals surface area contributed by atoms with Crippen molar-refractivity contribution in [3.63, 3.8) is 0 Å². The Labute approximate surface area is 213 Å². The highest BCUT2D eigenvalue weighted by Crippen LogP contribution is 2.36. The Bertz CT molecular complexity index is 1180. The van der Waals surface area contributed by atoms with Crippen molar-refractivity contribution in [3.8, 4) is 11.8 Å². The zero-order valence-corrected chi connectivity index (χ0v) is 21.0. The van der Waals surface area contributed by atoms with E-state index in [9.17, 15) is 10.1 Å². The Morgan fingerprint density at radius 3 is 2.40 bits per heavy atom. The van der Waals surface area contributed by atoms with Gasteiger partial charge in [0.25, 0.3) is 0 Å². The van der Waals surface area contributed by atoms with E-state index in [1.54, 1.807) is 7.11 Å². The molecule has 0 aromatic heterocycles. The number of amides is 1. The van der Waals surface area contributed by atoms with Gasteiger partial charge in [-0.05, 0) is 85.8 Å². The van der Waals surface area contributed by atoms with Gasteiger partial charge in [-0.2, -0.15) is 5.26 Å². The highest BCUT2D eigenvalue weighted by molar-refractivity contribution is 6.30. The topological polar surface area (TPSA) is 53.3 Å². The van der Waals surface area contributed by atoms with Gasteiger partial charge in [-0.15, -0.1) is 0 Å². The predicted molar refractivity (Wildman–Crippen MR) is 141 cm³/mol. The van der Waals surface area contributed by atoms with Crippen molar-refractivity contribution in [2.24, 2.45) is 5.92 Å². The van der Waals surface area contributed by atoms with E-state index in [1.165, 1.54) is 0 Å². The van der Waals surface area contributed by atoms with E-state index in [0.717, 1.165) is 54.7 Å². The van der Waals surface area contributed by atoms with Crippen molar-refractivity contribution in [2.75, 3.05) is 12.0 Å². The molecule has 1 aliphatic rings. The largest absolute Gasteiger partial charge is 0.497 e. The molecule has 0 heterocycles. The molecule has 0 aliphatic heterocycles. The number of carbonyl (C=O) groups excluding carboxylic acids is 1. The van der Waals surface area contributed by atoms with E-state index in [2.05, 4.69) is 19.1 Å². The molecule has 1 amide bonds. The summed E-state index contributed by atoms with van der Waals surface area (Å²) in [6.45, 7) is 2.12. The average Bonchev–Trinajstić information content (AvgIpc) is 3.44. The monoisotopic (exact) mass is 486 g/mol. The van der Waals surface area contributed by atoms with Crippen LogP contribution >= 0.6 is 11.6 Å². The van der Waals surface area contributed by atoms with E-state index < -0.39 is 0 Å². The number of carbonyl (C=O) groups is 1. The number of nitriles is 1. The second-order valence-electron chi connectivity index (χ2n) is 9.30. The molecule has 1 saturated carbocycles. The van der Waals surface area contributed by atoms with Gasteiger partial charge < -0.3 is 9.64 Å². The van der Waals surface area contributed by atoms with Crippen molar-refractivity contribution < 1.29 is 9.53 Å². The van der Waals surface area contributed by atoms with E-state index in [-0.39, 0.29) is 23.8 Å². The quantitative estimate of drug-likeness (QED) is 0.339. The normalized spacial score (nSPS) is 15.3. The summed E-state index contributed by atoms with van der Waals surface area (Å²) in [5, 5.41) is 10.2. The van der Waals surface area contributed by atoms with E-state index in [1.807, 2.05) is 71.6 Å². The first kappa shape index (κ1) is 24.8. The van der Waals surface area contributed by atoms with E-state index in [0.29, 0.717) is 10.6 Å². The van der Waals surface area contributed by atoms with Crippen LogP contribution in [0.1, 0.15) is 55.2 Å². The van der Waals surface area contributed by atoms with Gasteiger partial charge in [0.05, 0.1) is 18.7 Å². The molecule has 4 rings (SSSR count). The van der Waals surface area contributed by atoms with E-state index in [4.69, 9.17) is 16.3 Å². The van der Waals surface area contributed by atoms with E-state index >= 15 is 0 Å². The standard InChI is InChI=1S/C30H31ClN2O2/c1-21(33(30(34)24-7-3-4-8-24)27-14-16-28(35-2)17-15-27)29(19-22-10-12-26(31)13-11-22)25-9-5-6-23(18-25)20-32/h5-6,9-18,21,24,29H,3-4,7-8,19H2,1-2H3. The summed E-state index contributed by atoms with van der Waals surface area (Å²) in [5.41, 5.74) is 3.67. The molecule has 0 spiro atoms. The summed E-state index contributed by atoms with van der Waals surface area (Å²) >= 11 is 6.14. The lowest BCUT2D eigenvalue weighted by molar-refractivity contribution is -0.122. The molecule has 0 N–H and O–H groups in total. The lowest BCUT2D eigenvalue weighted by Gasteiger charge is -2.37. The van der Waals surface area contributed by atoms with Gasteiger partial charge >= 0.3 is 0 Å². The predicted octanol–water partition coefficient (Wildman–Crippen LogP) is 7.16. The fourth-order valence-corrected chi connectivity index (χ4v) is 5.26. The van der Waals surface area contributed by atoms with Crippen molar-refractivity contribution in [2.45, 2.75) is 51.0 Å². The highest BCUT2D eigenvalue weighted by Gasteiger charge is 2.35. The van der Waals surface area contributed by atoms with Crippen LogP contribution in [0.3, 0.4) is 0 Å². The zero-order chi connectivity index (χ0) is 24.8. The smallest absolute Gasteiger partial charge is 0.230 e. The van der Waals surface area contributed by atoms with Crippen LogP contribution in [0.25, 0.3) is 0 Å². The molecule has 0 radical (unpaired) electrons. The number of benzene rings is 3. The minimum Gasteiger partial charge on any atom is -0.497 e. The Morgan fingerprint density at radius 2 is 1.77 bits per heavy atom. The third kappa shape index (κ3) is 5.86. The number of anilines is 1. The molecule has 2 unspecified atom stereocenters. The number of hydrogen-bond acceptors (Lipinski definition) is 3. The maximum absolute atomic E-state index is 13.9. The van der Waals surface area contributed by atoms with Crippen LogP contribution in [0.2, 0.25) is 5.02 Å². The summed E-state index contributed by atoms with van der Waals surface area (Å²) in [5.74, 6) is 0.963. The van der Waals surface area contributed by atoms with Crippen LogP contribution in [0, 0.1) is 17.2 Å². The van der Waals surface area contributed by atoms with Crippen LogP contribution in [-0.4, -0.2) is 19.1 Å². The minimum absolute atomic E-state index is 0.0167. The molecule has 3 aromatic rings. The molecule has 0 saturated heterocycles. The lowest BCUT2D eigenvalue weighted by atomic mass is 9.84. The van der Waals surface area contributed by atoms with Gasteiger partial charge in [0.15, 0.2) is 0 Å². The molecule has 0 bridgehead atoms. The van der Waals surface area contributed by atoms with Crippen molar-refractivity contribution >= 4 is 23.2 Å². The van der Waals surface area contributed by atoms with Crippen LogP contribution < -0.4 is 9.64 Å². The van der Waals surface area contributed by atoms with Gasteiger partial charge in [0.2, 0.25) is 5.91 Å². The van der Waals surface area contributed by atoms with Crippen LogP contribution in [0.15, 0.2) is 72.8 Å². The minimum atomic E-state index is -0.138. The fourth-order valence-electron chi connectivity index (χ4n) is 5.14. The highest BCUT2D eigenvalue weighted by atomic mass is 35.5. The molecule has 180 valence electrons. The molecule has 2 atom stereocenters. The Hall–Kier alpha value is -3.29. The molecule has 1 fully saturated rings. The number of methoxy groups -OCH3 is 1. The Morgan fingerprint density at radius 1 is 1.09 bits per heavy atom. The van der Waals surface area contributed by atoms with Gasteiger partial charge in [0.1, 0.15) is 5.75 Å². The summed E-state index contributed by atoms with van der Waals surface area (Å²) in [4.78, 5) is 15.9. The number of hydrogen-bond donors (Lipinski definition) is 0. The van der Waals surface area contributed by atoms with Crippen molar-refractivity contribution in [3.05, 3.63) is 94.5 Å². The molecular weight excluding hydrogens is 456 g/mol. The summed E-state index contributed by atoms with van der Waals surface area (Å²) < 4.78 is 5.36. The molecule has 35 heavy (non-hydrogen) atoms. The second kappa shape index (κ2) is 11.4. The fraction of sp³-hybridized carbons (Fsp3) is 0.333. The number of ether oxygens (including phenoxy) is 1. The molecular formula is C30H31ClN2O2. The summed E-state index contributed by atoms with van der Waals surface area (Å²) in [6.07, 6.45) is 4.78. The maximum Gasteiger partial charge on any atom is 0.230 e. The Kier molecular flexibility index (Phi) is 8.10. The second-order valence-corrected chi connectivity index (χ2v) is 9.74. The van der Waals surface area contributed by atoms with Gasteiger partial charge in [-0.3, -0.25) is 4.79 Å². The first-order valence-electron chi connectivity index (χ1n) is 12.2. The molecule has 3 aromatic carbocycles. The third-order valence-electron chi connectivity index (χ3n) is 7.09. The van der Waals surface area contributed by atoms with Crippen LogP contribution in [-0.2, 0) is 11.2 Å². The van der Waals surface area contributed by atoms with Gasteiger partial charge in [-0.25, -0.2) is 0 Å². The van der Waals surface area contributed by atoms with Crippen molar-refractivity contribution in [1.29, 1.82) is 5.26 Å².